The van der Waals surface area contributed by atoms with E-state index < -0.39 is 37.3 Å². The van der Waals surface area contributed by atoms with E-state index in [1.807, 2.05) is 12.1 Å². The number of aliphatic hydroxyl groups excluding tert-OH is 4. The zero-order valence-electron chi connectivity index (χ0n) is 18.0. The SMILES string of the molecule is Cc1cc(O[C@@H]2O[C@H](CO)[C@@H](O)[C@H](O)[C@H]2O)c(O)c2oc3nc(=[N+]4CCCC4)ccc-3nc12. The molecule has 4 aliphatic heterocycles. The number of hydrogen-bond donors (Lipinski definition) is 5. The highest BCUT2D eigenvalue weighted by atomic mass is 16.7. The Morgan fingerprint density at radius 1 is 1.09 bits per heavy atom. The summed E-state index contributed by atoms with van der Waals surface area (Å²) in [5.41, 5.74) is 2.40. The molecule has 2 saturated heterocycles. The van der Waals surface area contributed by atoms with Crippen LogP contribution in [0.4, 0.5) is 0 Å². The van der Waals surface area contributed by atoms with Crippen molar-refractivity contribution in [2.24, 2.45) is 0 Å². The van der Waals surface area contributed by atoms with Gasteiger partial charge < -0.3 is 39.4 Å². The summed E-state index contributed by atoms with van der Waals surface area (Å²) in [5.74, 6) is -0.202. The number of phenolic OH excluding ortho intramolecular Hbond substituents is 1. The standard InChI is InChI=1S/C22H25N3O8/c1-10-8-12(31-22-19(30)18(29)16(27)13(9-26)32-22)17(28)20-15(10)23-11-4-5-14(24-21(11)33-20)25-6-2-3-7-25/h4-5,8,13,16,18-19,22,26-27,29-30H,2-3,6-7,9H2,1H3/p+1/t13-,16-,18+,19-,22-/m1/s1. The molecule has 11 heteroatoms. The maximum atomic E-state index is 10.9. The van der Waals surface area contributed by atoms with Gasteiger partial charge in [-0.2, -0.15) is 0 Å². The quantitative estimate of drug-likeness (QED) is 0.244. The van der Waals surface area contributed by atoms with Crippen LogP contribution in [0.25, 0.3) is 22.7 Å². The Hall–Kier alpha value is -2.83. The summed E-state index contributed by atoms with van der Waals surface area (Å²) >= 11 is 0. The molecule has 5 rings (SSSR count). The Balaban J connectivity index is 1.56. The first-order chi connectivity index (χ1) is 15.9. The predicted octanol–water partition coefficient (Wildman–Crippen LogP) is -0.914. The van der Waals surface area contributed by atoms with Crippen LogP contribution in [-0.4, -0.2) is 85.9 Å². The van der Waals surface area contributed by atoms with Gasteiger partial charge in [0.2, 0.25) is 17.6 Å². The molecule has 4 heterocycles. The van der Waals surface area contributed by atoms with Crippen LogP contribution in [0.2, 0.25) is 0 Å². The van der Waals surface area contributed by atoms with E-state index in [0.29, 0.717) is 16.8 Å². The largest absolute Gasteiger partial charge is 0.502 e. The molecule has 0 radical (unpaired) electrons. The van der Waals surface area contributed by atoms with Gasteiger partial charge in [-0.1, -0.05) is 0 Å². The van der Waals surface area contributed by atoms with Crippen LogP contribution in [0, 0.1) is 6.92 Å². The number of aromatic hydroxyl groups is 1. The van der Waals surface area contributed by atoms with Crippen molar-refractivity contribution in [3.8, 4) is 23.1 Å². The van der Waals surface area contributed by atoms with Gasteiger partial charge in [-0.05, 0) is 42.4 Å². The minimum atomic E-state index is -1.62. The Morgan fingerprint density at radius 2 is 1.85 bits per heavy atom. The van der Waals surface area contributed by atoms with E-state index in [2.05, 4.69) is 14.5 Å². The average Bonchev–Trinajstić information content (AvgIpc) is 3.36. The summed E-state index contributed by atoms with van der Waals surface area (Å²) in [6.45, 7) is 2.99. The van der Waals surface area contributed by atoms with Crippen LogP contribution in [0.3, 0.4) is 0 Å². The summed E-state index contributed by atoms with van der Waals surface area (Å²) < 4.78 is 19.1. The predicted molar refractivity (Wildman–Crippen MR) is 113 cm³/mol. The van der Waals surface area contributed by atoms with Gasteiger partial charge in [-0.15, -0.1) is 0 Å². The Morgan fingerprint density at radius 3 is 2.58 bits per heavy atom. The summed E-state index contributed by atoms with van der Waals surface area (Å²) in [5, 5.41) is 50.5. The van der Waals surface area contributed by atoms with Crippen LogP contribution in [0.5, 0.6) is 11.5 Å². The van der Waals surface area contributed by atoms with E-state index in [4.69, 9.17) is 13.9 Å². The first-order valence-electron chi connectivity index (χ1n) is 10.9. The Labute approximate surface area is 188 Å². The van der Waals surface area contributed by atoms with Crippen molar-refractivity contribution in [1.29, 1.82) is 0 Å². The van der Waals surface area contributed by atoms with Gasteiger partial charge in [0.1, 0.15) is 29.9 Å². The van der Waals surface area contributed by atoms with Crippen LogP contribution in [0.1, 0.15) is 18.4 Å². The number of ether oxygens (including phenoxy) is 2. The maximum absolute atomic E-state index is 10.9. The molecule has 0 unspecified atom stereocenters. The van der Waals surface area contributed by atoms with Crippen LogP contribution in [-0.2, 0) is 4.74 Å². The average molecular weight is 460 g/mol. The van der Waals surface area contributed by atoms with Crippen LogP contribution in [0.15, 0.2) is 22.6 Å². The van der Waals surface area contributed by atoms with Gasteiger partial charge in [0, 0.05) is 6.07 Å². The fraction of sp³-hybridized carbons (Fsp3) is 0.500. The molecule has 0 saturated carbocycles. The lowest BCUT2D eigenvalue weighted by atomic mass is 9.99. The van der Waals surface area contributed by atoms with Crippen LogP contribution < -0.4 is 14.8 Å². The molecule has 1 aromatic carbocycles. The third-order valence-electron chi connectivity index (χ3n) is 6.16. The minimum Gasteiger partial charge on any atom is -0.502 e. The number of pyridine rings is 1. The molecule has 0 bridgehead atoms. The molecule has 11 nitrogen and oxygen atoms in total. The number of aryl methyl sites for hydroxylation is 1. The third kappa shape index (κ3) is 3.81. The smallest absolute Gasteiger partial charge is 0.360 e. The lowest BCUT2D eigenvalue weighted by Crippen LogP contribution is -2.60. The van der Waals surface area contributed by atoms with E-state index in [1.165, 1.54) is 6.07 Å². The fourth-order valence-electron chi connectivity index (χ4n) is 4.27. The topological polar surface area (TPSA) is 162 Å². The molecule has 0 aliphatic carbocycles. The van der Waals surface area contributed by atoms with Gasteiger partial charge in [0.05, 0.1) is 19.7 Å². The Bertz CT molecular complexity index is 1220. The van der Waals surface area contributed by atoms with Crippen molar-refractivity contribution in [2.45, 2.75) is 50.5 Å². The number of phenols is 1. The summed E-state index contributed by atoms with van der Waals surface area (Å²) in [6, 6.07) is 5.22. The summed E-state index contributed by atoms with van der Waals surface area (Å²) in [4.78, 5) is 9.15. The van der Waals surface area contributed by atoms with E-state index in [1.54, 1.807) is 6.92 Å². The summed E-state index contributed by atoms with van der Waals surface area (Å²) in [7, 11) is 0. The normalized spacial score (nSPS) is 28.0. The van der Waals surface area contributed by atoms with Crippen LogP contribution >= 0.6 is 0 Å². The van der Waals surface area contributed by atoms with Crippen molar-refractivity contribution >= 4 is 11.1 Å². The van der Waals surface area contributed by atoms with Crippen molar-refractivity contribution in [1.82, 2.24) is 14.5 Å². The Kier molecular flexibility index (Phi) is 5.67. The minimum absolute atomic E-state index is 0.0492. The first-order valence-corrected chi connectivity index (χ1v) is 10.9. The highest BCUT2D eigenvalue weighted by Crippen LogP contribution is 2.39. The van der Waals surface area contributed by atoms with Crippen molar-refractivity contribution < 1.29 is 39.4 Å². The summed E-state index contributed by atoms with van der Waals surface area (Å²) in [6.07, 6.45) is -5.12. The number of nitrogens with zero attached hydrogens (tertiary/aromatic N) is 3. The zero-order chi connectivity index (χ0) is 23.3. The zero-order valence-corrected chi connectivity index (χ0v) is 18.0. The molecule has 5 N–H and O–H groups in total. The lowest BCUT2D eigenvalue weighted by Gasteiger charge is -2.39. The van der Waals surface area contributed by atoms with Crippen molar-refractivity contribution in [3.05, 3.63) is 29.3 Å². The molecule has 0 amide bonds. The second-order valence-corrected chi connectivity index (χ2v) is 8.43. The molecule has 0 spiro atoms. The monoisotopic (exact) mass is 460 g/mol. The van der Waals surface area contributed by atoms with E-state index >= 15 is 0 Å². The van der Waals surface area contributed by atoms with E-state index in [9.17, 15) is 25.5 Å². The number of aliphatic hydroxyl groups is 4. The molecule has 176 valence electrons. The number of fused-ring (bicyclic) bond motifs is 2. The van der Waals surface area contributed by atoms with E-state index in [-0.39, 0.29) is 23.0 Å². The molecule has 1 aromatic rings. The second kappa shape index (κ2) is 8.50. The molecule has 4 aliphatic rings. The molecule has 0 aromatic heterocycles. The third-order valence-corrected chi connectivity index (χ3v) is 6.16. The second-order valence-electron chi connectivity index (χ2n) is 8.43. The van der Waals surface area contributed by atoms with Gasteiger partial charge >= 0.3 is 11.4 Å². The molecular formula is C22H26N3O8+. The maximum Gasteiger partial charge on any atom is 0.360 e. The van der Waals surface area contributed by atoms with Crippen molar-refractivity contribution in [3.63, 3.8) is 0 Å². The number of benzene rings is 1. The van der Waals surface area contributed by atoms with Gasteiger partial charge in [-0.3, -0.25) is 4.58 Å². The van der Waals surface area contributed by atoms with Gasteiger partial charge in [0.25, 0.3) is 0 Å². The number of hydrogen-bond acceptors (Lipinski definition) is 10. The first kappa shape index (κ1) is 22.0. The fourth-order valence-corrected chi connectivity index (χ4v) is 4.27. The number of aromatic nitrogens is 2. The number of rotatable bonds is 3. The molecular weight excluding hydrogens is 434 g/mol. The highest BCUT2D eigenvalue weighted by Gasteiger charge is 2.45. The lowest BCUT2D eigenvalue weighted by molar-refractivity contribution is -0.277. The molecule has 33 heavy (non-hydrogen) atoms. The van der Waals surface area contributed by atoms with E-state index in [0.717, 1.165) is 31.4 Å². The molecule has 5 atom stereocenters. The van der Waals surface area contributed by atoms with Gasteiger partial charge in [0.15, 0.2) is 11.4 Å². The molecule has 2 fully saturated rings. The highest BCUT2D eigenvalue weighted by molar-refractivity contribution is 5.86. The van der Waals surface area contributed by atoms with Gasteiger partial charge in [-0.25, -0.2) is 4.98 Å². The van der Waals surface area contributed by atoms with Crippen molar-refractivity contribution in [2.75, 3.05) is 19.7 Å².